The molecule has 0 spiro atoms. The Morgan fingerprint density at radius 3 is 1.53 bits per heavy atom. The monoisotopic (exact) mass is 627 g/mol. The molecule has 0 saturated carbocycles. The van der Waals surface area contributed by atoms with Gasteiger partial charge >= 0.3 is 0 Å². The van der Waals surface area contributed by atoms with Gasteiger partial charge in [-0.1, -0.05) is 121 Å². The fourth-order valence-corrected chi connectivity index (χ4v) is 7.44. The molecule has 0 radical (unpaired) electrons. The summed E-state index contributed by atoms with van der Waals surface area (Å²) in [5.74, 6) is 0. The van der Waals surface area contributed by atoms with Gasteiger partial charge in [-0.25, -0.2) is 0 Å². The summed E-state index contributed by atoms with van der Waals surface area (Å²) in [6.45, 7) is 0. The van der Waals surface area contributed by atoms with Gasteiger partial charge in [-0.3, -0.25) is 0 Å². The van der Waals surface area contributed by atoms with E-state index in [2.05, 4.69) is 157 Å². The van der Waals surface area contributed by atoms with E-state index in [4.69, 9.17) is 8.83 Å². The van der Waals surface area contributed by atoms with Crippen LogP contribution < -0.4 is 4.90 Å². The first-order valence-corrected chi connectivity index (χ1v) is 16.6. The lowest BCUT2D eigenvalue weighted by Gasteiger charge is -2.27. The van der Waals surface area contributed by atoms with Crippen molar-refractivity contribution in [3.05, 3.63) is 176 Å². The summed E-state index contributed by atoms with van der Waals surface area (Å²) < 4.78 is 12.7. The van der Waals surface area contributed by atoms with Gasteiger partial charge in [0.05, 0.1) is 22.1 Å². The summed E-state index contributed by atoms with van der Waals surface area (Å²) in [6, 6.07) is 62.0. The fraction of sp³-hybridized carbons (Fsp3) is 0. The van der Waals surface area contributed by atoms with Crippen LogP contribution in [-0.4, -0.2) is 0 Å². The molecule has 10 aromatic rings. The van der Waals surface area contributed by atoms with Crippen molar-refractivity contribution in [3.8, 4) is 22.3 Å². The van der Waals surface area contributed by atoms with Gasteiger partial charge in [0.2, 0.25) is 0 Å². The Hall–Kier alpha value is -6.58. The first kappa shape index (κ1) is 27.5. The van der Waals surface area contributed by atoms with Crippen molar-refractivity contribution in [2.45, 2.75) is 0 Å². The molecule has 3 heteroatoms. The molecule has 0 atom stereocenters. The highest BCUT2D eigenvalue weighted by Crippen LogP contribution is 2.47. The summed E-state index contributed by atoms with van der Waals surface area (Å²) in [5, 5.41) is 6.84. The molecule has 3 nitrogen and oxygen atoms in total. The average Bonchev–Trinajstić information content (AvgIpc) is 3.74. The predicted molar refractivity (Wildman–Crippen MR) is 204 cm³/mol. The first-order valence-electron chi connectivity index (χ1n) is 16.6. The van der Waals surface area contributed by atoms with E-state index in [9.17, 15) is 0 Å². The molecule has 0 unspecified atom stereocenters. The minimum atomic E-state index is 0.856. The molecule has 8 aromatic carbocycles. The highest BCUT2D eigenvalue weighted by atomic mass is 16.3. The highest BCUT2D eigenvalue weighted by Gasteiger charge is 2.23. The Labute approximate surface area is 282 Å². The van der Waals surface area contributed by atoms with E-state index >= 15 is 0 Å². The molecule has 10 rings (SSSR count). The molecule has 0 fully saturated rings. The van der Waals surface area contributed by atoms with Gasteiger partial charge in [0.25, 0.3) is 0 Å². The van der Waals surface area contributed by atoms with E-state index in [0.717, 1.165) is 66.5 Å². The van der Waals surface area contributed by atoms with Crippen molar-refractivity contribution in [1.29, 1.82) is 0 Å². The number of hydrogen-bond acceptors (Lipinski definition) is 3. The van der Waals surface area contributed by atoms with Gasteiger partial charge in [0.1, 0.15) is 22.3 Å². The van der Waals surface area contributed by atoms with Crippen molar-refractivity contribution >= 4 is 71.7 Å². The number of benzene rings is 8. The fourth-order valence-electron chi connectivity index (χ4n) is 7.44. The number of nitrogens with zero attached hydrogens (tertiary/aromatic N) is 1. The Kier molecular flexibility index (Phi) is 6.18. The van der Waals surface area contributed by atoms with Crippen LogP contribution in [0.3, 0.4) is 0 Å². The van der Waals surface area contributed by atoms with Crippen LogP contribution in [0, 0.1) is 0 Å². The largest absolute Gasteiger partial charge is 0.456 e. The van der Waals surface area contributed by atoms with Crippen LogP contribution in [0.15, 0.2) is 185 Å². The van der Waals surface area contributed by atoms with E-state index in [0.29, 0.717) is 0 Å². The third-order valence-electron chi connectivity index (χ3n) is 9.66. The van der Waals surface area contributed by atoms with E-state index in [-0.39, 0.29) is 0 Å². The first-order chi connectivity index (χ1) is 24.3. The molecule has 230 valence electrons. The summed E-state index contributed by atoms with van der Waals surface area (Å²) in [4.78, 5) is 2.35. The van der Waals surface area contributed by atoms with Crippen molar-refractivity contribution < 1.29 is 8.83 Å². The zero-order chi connectivity index (χ0) is 32.3. The summed E-state index contributed by atoms with van der Waals surface area (Å²) >= 11 is 0. The SMILES string of the molecule is c1cc(-c2ccc(N(c3cccc4oc5ccccc5c34)c3cccc4oc5ccccc5c34)cc2)cc(-c2cccc3ccccc23)c1. The zero-order valence-electron chi connectivity index (χ0n) is 26.5. The van der Waals surface area contributed by atoms with E-state index < -0.39 is 0 Å². The van der Waals surface area contributed by atoms with Crippen LogP contribution in [0.25, 0.3) is 76.9 Å². The number of furan rings is 2. The maximum atomic E-state index is 6.36. The van der Waals surface area contributed by atoms with Crippen LogP contribution in [0.5, 0.6) is 0 Å². The third-order valence-corrected chi connectivity index (χ3v) is 9.66. The van der Waals surface area contributed by atoms with Gasteiger partial charge in [-0.05, 0) is 87.6 Å². The Morgan fingerprint density at radius 2 is 0.857 bits per heavy atom. The average molecular weight is 628 g/mol. The van der Waals surface area contributed by atoms with Crippen LogP contribution in [0.2, 0.25) is 0 Å². The Morgan fingerprint density at radius 1 is 0.347 bits per heavy atom. The molecule has 0 N–H and O–H groups in total. The minimum absolute atomic E-state index is 0.856. The molecule has 0 saturated heterocycles. The van der Waals surface area contributed by atoms with Gasteiger partial charge in [-0.15, -0.1) is 0 Å². The van der Waals surface area contributed by atoms with E-state index in [1.165, 1.54) is 27.5 Å². The van der Waals surface area contributed by atoms with Crippen molar-refractivity contribution in [2.75, 3.05) is 4.90 Å². The van der Waals surface area contributed by atoms with Crippen molar-refractivity contribution in [1.82, 2.24) is 0 Å². The van der Waals surface area contributed by atoms with Gasteiger partial charge in [-0.2, -0.15) is 0 Å². The molecule has 0 bridgehead atoms. The molecule has 0 aliphatic carbocycles. The molecule has 0 aliphatic rings. The topological polar surface area (TPSA) is 29.5 Å². The standard InChI is InChI=1S/C46H29NO2/c1-2-15-35-31(11-1)12-8-18-36(35)33-14-7-13-32(29-33)30-25-27-34(28-26-30)47(39-19-9-23-43-45(39)37-16-3-5-21-41(37)48-43)40-20-10-24-44-46(40)38-17-4-6-22-42(38)49-44/h1-29H. The lowest BCUT2D eigenvalue weighted by atomic mass is 9.95. The Bertz CT molecular complexity index is 2720. The second-order valence-corrected chi connectivity index (χ2v) is 12.5. The predicted octanol–water partition coefficient (Wildman–Crippen LogP) is 13.4. The quantitative estimate of drug-likeness (QED) is 0.190. The van der Waals surface area contributed by atoms with Gasteiger partial charge in [0, 0.05) is 16.5 Å². The second kappa shape index (κ2) is 11.0. The summed E-state index contributed by atoms with van der Waals surface area (Å²) in [5.41, 5.74) is 11.4. The van der Waals surface area contributed by atoms with Crippen molar-refractivity contribution in [3.63, 3.8) is 0 Å². The smallest absolute Gasteiger partial charge is 0.137 e. The Balaban J connectivity index is 1.16. The van der Waals surface area contributed by atoms with Crippen molar-refractivity contribution in [2.24, 2.45) is 0 Å². The number of rotatable bonds is 5. The lowest BCUT2D eigenvalue weighted by molar-refractivity contribution is 0.668. The number of anilines is 3. The van der Waals surface area contributed by atoms with E-state index in [1.54, 1.807) is 0 Å². The van der Waals surface area contributed by atoms with Gasteiger partial charge < -0.3 is 13.7 Å². The summed E-state index contributed by atoms with van der Waals surface area (Å²) in [6.07, 6.45) is 0. The number of fused-ring (bicyclic) bond motifs is 7. The third kappa shape index (κ3) is 4.44. The molecule has 2 aromatic heterocycles. The molecule has 0 amide bonds. The van der Waals surface area contributed by atoms with Crippen LogP contribution in [-0.2, 0) is 0 Å². The number of hydrogen-bond donors (Lipinski definition) is 0. The van der Waals surface area contributed by atoms with E-state index in [1.807, 2.05) is 24.3 Å². The number of para-hydroxylation sites is 2. The van der Waals surface area contributed by atoms with Crippen LogP contribution >= 0.6 is 0 Å². The maximum absolute atomic E-state index is 6.36. The highest BCUT2D eigenvalue weighted by molar-refractivity contribution is 6.17. The normalized spacial score (nSPS) is 11.7. The second-order valence-electron chi connectivity index (χ2n) is 12.5. The summed E-state index contributed by atoms with van der Waals surface area (Å²) in [7, 11) is 0. The molecule has 49 heavy (non-hydrogen) atoms. The lowest BCUT2D eigenvalue weighted by Crippen LogP contribution is -2.10. The molecule has 2 heterocycles. The van der Waals surface area contributed by atoms with Crippen LogP contribution in [0.1, 0.15) is 0 Å². The maximum Gasteiger partial charge on any atom is 0.137 e. The van der Waals surface area contributed by atoms with Crippen LogP contribution in [0.4, 0.5) is 17.1 Å². The zero-order valence-corrected chi connectivity index (χ0v) is 26.5. The molecular weight excluding hydrogens is 599 g/mol. The molecular formula is C46H29NO2. The van der Waals surface area contributed by atoms with Gasteiger partial charge in [0.15, 0.2) is 0 Å². The molecule has 0 aliphatic heterocycles. The minimum Gasteiger partial charge on any atom is -0.456 e.